The molecule has 3 aliphatic rings. The maximum atomic E-state index is 13.5. The third-order valence-electron chi connectivity index (χ3n) is 7.65. The van der Waals surface area contributed by atoms with Crippen molar-refractivity contribution >= 4 is 17.8 Å². The van der Waals surface area contributed by atoms with Crippen molar-refractivity contribution in [3.05, 3.63) is 42.2 Å². The topological polar surface area (TPSA) is 113 Å². The average molecular weight is 450 g/mol. The number of amides is 2. The molecule has 2 aromatic rings. The lowest BCUT2D eigenvalue weighted by Gasteiger charge is -2.40. The average Bonchev–Trinajstić information content (AvgIpc) is 3.15. The van der Waals surface area contributed by atoms with E-state index in [-0.39, 0.29) is 23.5 Å². The summed E-state index contributed by atoms with van der Waals surface area (Å²) in [7, 11) is 0. The van der Waals surface area contributed by atoms with Crippen LogP contribution in [0.3, 0.4) is 0 Å². The number of aliphatic hydroxyl groups excluding tert-OH is 1. The van der Waals surface area contributed by atoms with E-state index < -0.39 is 5.91 Å². The molecule has 1 saturated carbocycles. The van der Waals surface area contributed by atoms with Gasteiger partial charge in [-0.15, -0.1) is 0 Å². The van der Waals surface area contributed by atoms with Crippen LogP contribution in [-0.4, -0.2) is 63.6 Å². The monoisotopic (exact) mass is 449 g/mol. The molecule has 0 radical (unpaired) electrons. The number of likely N-dealkylation sites (tertiary alicyclic amines) is 1. The van der Waals surface area contributed by atoms with E-state index in [4.69, 9.17) is 5.73 Å². The fourth-order valence-electron chi connectivity index (χ4n) is 5.71. The second-order valence-corrected chi connectivity index (χ2v) is 9.73. The Morgan fingerprint density at radius 1 is 1.00 bits per heavy atom. The Morgan fingerprint density at radius 3 is 2.36 bits per heavy atom. The molecule has 2 aliphatic heterocycles. The van der Waals surface area contributed by atoms with Crippen LogP contribution in [0.2, 0.25) is 0 Å². The molecule has 1 aliphatic carbocycles. The molecule has 3 N–H and O–H groups in total. The molecule has 8 nitrogen and oxygen atoms in total. The van der Waals surface area contributed by atoms with Crippen LogP contribution in [0.25, 0.3) is 11.1 Å². The number of primary amides is 1. The van der Waals surface area contributed by atoms with Gasteiger partial charge in [0.2, 0.25) is 17.8 Å². The Kier molecular flexibility index (Phi) is 5.78. The molecular formula is C25H31N5O3. The van der Waals surface area contributed by atoms with Gasteiger partial charge in [0.1, 0.15) is 0 Å². The van der Waals surface area contributed by atoms with E-state index in [1.54, 1.807) is 24.5 Å². The van der Waals surface area contributed by atoms with Gasteiger partial charge < -0.3 is 20.6 Å². The molecule has 174 valence electrons. The number of aromatic nitrogens is 2. The zero-order chi connectivity index (χ0) is 23.0. The van der Waals surface area contributed by atoms with E-state index in [2.05, 4.69) is 19.8 Å². The van der Waals surface area contributed by atoms with Gasteiger partial charge >= 0.3 is 0 Å². The SMILES string of the molecule is NC(=O)c1ccc(-c2cnc(N3CCCC4(CCN([C@H]5CC[C@H](O)CC5)C4=O)C3)nc2)cc1. The lowest BCUT2D eigenvalue weighted by molar-refractivity contribution is -0.139. The number of carbonyl (C=O) groups excluding carboxylic acids is 2. The molecule has 2 amide bonds. The first-order valence-corrected chi connectivity index (χ1v) is 11.9. The summed E-state index contributed by atoms with van der Waals surface area (Å²) < 4.78 is 0. The van der Waals surface area contributed by atoms with Gasteiger partial charge in [-0.05, 0) is 62.6 Å². The van der Waals surface area contributed by atoms with Crippen LogP contribution < -0.4 is 10.6 Å². The highest BCUT2D eigenvalue weighted by Gasteiger charge is 2.51. The fraction of sp³-hybridized carbons (Fsp3) is 0.520. The summed E-state index contributed by atoms with van der Waals surface area (Å²) >= 11 is 0. The Labute approximate surface area is 193 Å². The molecule has 1 aromatic heterocycles. The van der Waals surface area contributed by atoms with Gasteiger partial charge in [-0.25, -0.2) is 9.97 Å². The van der Waals surface area contributed by atoms with Crippen molar-refractivity contribution in [3.8, 4) is 11.1 Å². The number of hydrogen-bond acceptors (Lipinski definition) is 6. The van der Waals surface area contributed by atoms with Crippen LogP contribution in [0.4, 0.5) is 5.95 Å². The van der Waals surface area contributed by atoms with Crippen molar-refractivity contribution < 1.29 is 14.7 Å². The Bertz CT molecular complexity index is 1020. The van der Waals surface area contributed by atoms with Crippen LogP contribution in [0.15, 0.2) is 36.7 Å². The van der Waals surface area contributed by atoms with Crippen LogP contribution in [0.1, 0.15) is 55.3 Å². The Balaban J connectivity index is 1.28. The summed E-state index contributed by atoms with van der Waals surface area (Å²) in [4.78, 5) is 38.2. The van der Waals surface area contributed by atoms with Gasteiger partial charge in [0, 0.05) is 49.2 Å². The normalized spacial score (nSPS) is 27.8. The van der Waals surface area contributed by atoms with E-state index in [0.717, 1.165) is 69.2 Å². The summed E-state index contributed by atoms with van der Waals surface area (Å²) in [6.45, 7) is 2.32. The van der Waals surface area contributed by atoms with Gasteiger partial charge in [-0.1, -0.05) is 12.1 Å². The maximum Gasteiger partial charge on any atom is 0.248 e. The minimum Gasteiger partial charge on any atom is -0.393 e. The van der Waals surface area contributed by atoms with E-state index >= 15 is 0 Å². The minimum absolute atomic E-state index is 0.209. The standard InChI is InChI=1S/C25H31N5O3/c26-22(32)18-4-2-17(3-5-18)19-14-27-24(28-15-19)29-12-1-10-25(16-29)11-13-30(23(25)33)20-6-8-21(31)9-7-20/h2-5,14-15,20-21,31H,1,6-13,16H2,(H2,26,32)/t20-,21-,25?. The number of nitrogens with zero attached hydrogens (tertiary/aromatic N) is 4. The predicted octanol–water partition coefficient (Wildman–Crippen LogP) is 2.36. The summed E-state index contributed by atoms with van der Waals surface area (Å²) in [5.41, 5.74) is 7.22. The number of aliphatic hydroxyl groups is 1. The molecule has 1 atom stereocenters. The van der Waals surface area contributed by atoms with Crippen molar-refractivity contribution in [2.75, 3.05) is 24.5 Å². The summed E-state index contributed by atoms with van der Waals surface area (Å²) in [5, 5.41) is 9.82. The molecule has 5 rings (SSSR count). The molecule has 1 aromatic carbocycles. The Morgan fingerprint density at radius 2 is 1.70 bits per heavy atom. The number of benzene rings is 1. The van der Waals surface area contributed by atoms with Crippen molar-refractivity contribution in [1.82, 2.24) is 14.9 Å². The van der Waals surface area contributed by atoms with E-state index in [1.165, 1.54) is 0 Å². The highest BCUT2D eigenvalue weighted by Crippen LogP contribution is 2.43. The molecule has 8 heteroatoms. The van der Waals surface area contributed by atoms with Gasteiger partial charge in [-0.2, -0.15) is 0 Å². The Hall–Kier alpha value is -3.00. The number of piperidine rings is 1. The van der Waals surface area contributed by atoms with Crippen LogP contribution in [-0.2, 0) is 4.79 Å². The number of hydrogen-bond donors (Lipinski definition) is 2. The maximum absolute atomic E-state index is 13.5. The fourth-order valence-corrected chi connectivity index (χ4v) is 5.71. The van der Waals surface area contributed by atoms with Gasteiger partial charge in [0.25, 0.3) is 0 Å². The number of nitrogens with two attached hydrogens (primary N) is 1. The van der Waals surface area contributed by atoms with Crippen molar-refractivity contribution in [3.63, 3.8) is 0 Å². The predicted molar refractivity (Wildman–Crippen MR) is 124 cm³/mol. The molecule has 3 heterocycles. The van der Waals surface area contributed by atoms with Crippen molar-refractivity contribution in [2.24, 2.45) is 11.1 Å². The molecule has 3 fully saturated rings. The van der Waals surface area contributed by atoms with Crippen molar-refractivity contribution in [1.29, 1.82) is 0 Å². The lowest BCUT2D eigenvalue weighted by Crippen LogP contribution is -2.50. The third-order valence-corrected chi connectivity index (χ3v) is 7.65. The number of carbonyl (C=O) groups is 2. The lowest BCUT2D eigenvalue weighted by atomic mass is 9.78. The molecule has 1 unspecified atom stereocenters. The van der Waals surface area contributed by atoms with E-state index in [9.17, 15) is 14.7 Å². The summed E-state index contributed by atoms with van der Waals surface area (Å²) in [6, 6.07) is 7.34. The second kappa shape index (κ2) is 8.74. The summed E-state index contributed by atoms with van der Waals surface area (Å²) in [6.07, 6.45) is 9.50. The molecule has 0 bridgehead atoms. The molecular weight excluding hydrogens is 418 g/mol. The first-order valence-electron chi connectivity index (χ1n) is 11.9. The van der Waals surface area contributed by atoms with Gasteiger partial charge in [0.05, 0.1) is 11.5 Å². The molecule has 2 saturated heterocycles. The zero-order valence-electron chi connectivity index (χ0n) is 18.8. The largest absolute Gasteiger partial charge is 0.393 e. The molecule has 33 heavy (non-hydrogen) atoms. The third kappa shape index (κ3) is 4.19. The van der Waals surface area contributed by atoms with Crippen LogP contribution >= 0.6 is 0 Å². The quantitative estimate of drug-likeness (QED) is 0.741. The number of rotatable bonds is 4. The summed E-state index contributed by atoms with van der Waals surface area (Å²) in [5.74, 6) is 0.478. The highest BCUT2D eigenvalue weighted by atomic mass is 16.3. The highest BCUT2D eigenvalue weighted by molar-refractivity contribution is 5.93. The van der Waals surface area contributed by atoms with E-state index in [0.29, 0.717) is 18.1 Å². The first-order chi connectivity index (χ1) is 15.9. The zero-order valence-corrected chi connectivity index (χ0v) is 18.8. The first kappa shape index (κ1) is 21.8. The minimum atomic E-state index is -0.451. The van der Waals surface area contributed by atoms with Crippen LogP contribution in [0.5, 0.6) is 0 Å². The smallest absolute Gasteiger partial charge is 0.248 e. The number of anilines is 1. The second-order valence-electron chi connectivity index (χ2n) is 9.73. The van der Waals surface area contributed by atoms with E-state index in [1.807, 2.05) is 12.1 Å². The van der Waals surface area contributed by atoms with Crippen molar-refractivity contribution in [2.45, 2.75) is 57.1 Å². The van der Waals surface area contributed by atoms with Gasteiger partial charge in [0.15, 0.2) is 0 Å². The van der Waals surface area contributed by atoms with Gasteiger partial charge in [-0.3, -0.25) is 9.59 Å². The molecule has 1 spiro atoms. The van der Waals surface area contributed by atoms with Crippen LogP contribution in [0, 0.1) is 5.41 Å².